The molecule has 0 aliphatic carbocycles. The van der Waals surface area contributed by atoms with Gasteiger partial charge in [-0.3, -0.25) is 0 Å². The third-order valence-corrected chi connectivity index (χ3v) is 2.47. The van der Waals surface area contributed by atoms with Crippen molar-refractivity contribution < 1.29 is 4.74 Å². The summed E-state index contributed by atoms with van der Waals surface area (Å²) in [5.41, 5.74) is 3.29. The molecule has 0 saturated heterocycles. The first kappa shape index (κ1) is 10.6. The fourth-order valence-corrected chi connectivity index (χ4v) is 1.51. The van der Waals surface area contributed by atoms with Crippen LogP contribution in [-0.2, 0) is 6.42 Å². The number of hydrogen-bond acceptors (Lipinski definition) is 3. The van der Waals surface area contributed by atoms with Crippen molar-refractivity contribution in [3.8, 4) is 17.3 Å². The van der Waals surface area contributed by atoms with E-state index in [4.69, 9.17) is 4.74 Å². The fourth-order valence-electron chi connectivity index (χ4n) is 1.51. The maximum absolute atomic E-state index is 5.00. The Hall–Kier alpha value is -1.90. The second kappa shape index (κ2) is 4.75. The van der Waals surface area contributed by atoms with Gasteiger partial charge in [0.1, 0.15) is 0 Å². The van der Waals surface area contributed by atoms with Crippen LogP contribution < -0.4 is 4.74 Å². The molecule has 0 aliphatic rings. The molecule has 2 aromatic rings. The molecular weight excluding hydrogens is 200 g/mol. The predicted octanol–water partition coefficient (Wildman–Crippen LogP) is 2.71. The maximum Gasteiger partial charge on any atom is 0.316 e. The topological polar surface area (TPSA) is 35.0 Å². The van der Waals surface area contributed by atoms with Gasteiger partial charge in [0, 0.05) is 11.8 Å². The Balaban J connectivity index is 2.34. The number of rotatable bonds is 3. The summed E-state index contributed by atoms with van der Waals surface area (Å²) < 4.78 is 5.00. The zero-order valence-electron chi connectivity index (χ0n) is 9.47. The monoisotopic (exact) mass is 214 g/mol. The Morgan fingerprint density at radius 2 is 1.88 bits per heavy atom. The van der Waals surface area contributed by atoms with E-state index in [1.54, 1.807) is 13.3 Å². The SMILES string of the molecule is CCc1ccc(-c2ccnc(OC)n2)cc1. The molecule has 1 aromatic heterocycles. The lowest BCUT2D eigenvalue weighted by Crippen LogP contribution is -1.93. The van der Waals surface area contributed by atoms with E-state index >= 15 is 0 Å². The van der Waals surface area contributed by atoms with Crippen molar-refractivity contribution >= 4 is 0 Å². The number of aryl methyl sites for hydroxylation is 1. The average molecular weight is 214 g/mol. The third-order valence-electron chi connectivity index (χ3n) is 2.47. The summed E-state index contributed by atoms with van der Waals surface area (Å²) >= 11 is 0. The minimum Gasteiger partial charge on any atom is -0.467 e. The van der Waals surface area contributed by atoms with Crippen LogP contribution in [0.1, 0.15) is 12.5 Å². The Labute approximate surface area is 95.1 Å². The number of aromatic nitrogens is 2. The van der Waals surface area contributed by atoms with Gasteiger partial charge in [-0.25, -0.2) is 4.98 Å². The second-order valence-corrected chi connectivity index (χ2v) is 3.48. The van der Waals surface area contributed by atoms with Crippen LogP contribution in [0, 0.1) is 0 Å². The van der Waals surface area contributed by atoms with E-state index in [-0.39, 0.29) is 0 Å². The molecule has 0 aliphatic heterocycles. The molecule has 3 nitrogen and oxygen atoms in total. The number of benzene rings is 1. The lowest BCUT2D eigenvalue weighted by Gasteiger charge is -2.03. The molecule has 16 heavy (non-hydrogen) atoms. The first-order chi connectivity index (χ1) is 7.83. The van der Waals surface area contributed by atoms with Gasteiger partial charge in [0.05, 0.1) is 12.8 Å². The maximum atomic E-state index is 5.00. The second-order valence-electron chi connectivity index (χ2n) is 3.48. The van der Waals surface area contributed by atoms with Crippen LogP contribution in [0.15, 0.2) is 36.5 Å². The predicted molar refractivity (Wildman–Crippen MR) is 63.4 cm³/mol. The van der Waals surface area contributed by atoms with Crippen LogP contribution in [0.25, 0.3) is 11.3 Å². The molecule has 0 fully saturated rings. The fraction of sp³-hybridized carbons (Fsp3) is 0.231. The van der Waals surface area contributed by atoms with Crippen LogP contribution in [-0.4, -0.2) is 17.1 Å². The molecule has 1 heterocycles. The standard InChI is InChI=1S/C13H14N2O/c1-3-10-4-6-11(7-5-10)12-8-9-14-13(15-12)16-2/h4-9H,3H2,1-2H3. The summed E-state index contributed by atoms with van der Waals surface area (Å²) in [4.78, 5) is 8.27. The molecule has 3 heteroatoms. The number of nitrogens with zero attached hydrogens (tertiary/aromatic N) is 2. The largest absolute Gasteiger partial charge is 0.467 e. The van der Waals surface area contributed by atoms with Crippen molar-refractivity contribution in [2.75, 3.05) is 7.11 Å². The first-order valence-electron chi connectivity index (χ1n) is 5.30. The van der Waals surface area contributed by atoms with E-state index in [1.165, 1.54) is 5.56 Å². The van der Waals surface area contributed by atoms with Crippen molar-refractivity contribution in [2.24, 2.45) is 0 Å². The zero-order chi connectivity index (χ0) is 11.4. The van der Waals surface area contributed by atoms with Crippen molar-refractivity contribution in [1.29, 1.82) is 0 Å². The Morgan fingerprint density at radius 1 is 1.12 bits per heavy atom. The Morgan fingerprint density at radius 3 is 2.50 bits per heavy atom. The third kappa shape index (κ3) is 2.19. The normalized spacial score (nSPS) is 10.1. The van der Waals surface area contributed by atoms with Gasteiger partial charge < -0.3 is 4.74 Å². The lowest BCUT2D eigenvalue weighted by molar-refractivity contribution is 0.380. The summed E-state index contributed by atoms with van der Waals surface area (Å²) in [6.45, 7) is 2.14. The van der Waals surface area contributed by atoms with Crippen molar-refractivity contribution in [3.63, 3.8) is 0 Å². The van der Waals surface area contributed by atoms with E-state index in [0.29, 0.717) is 6.01 Å². The first-order valence-corrected chi connectivity index (χ1v) is 5.30. The zero-order valence-corrected chi connectivity index (χ0v) is 9.47. The average Bonchev–Trinajstić information content (AvgIpc) is 2.39. The van der Waals surface area contributed by atoms with E-state index in [1.807, 2.05) is 6.07 Å². The molecule has 0 unspecified atom stereocenters. The molecular formula is C13H14N2O. The quantitative estimate of drug-likeness (QED) is 0.788. The molecule has 0 atom stereocenters. The van der Waals surface area contributed by atoms with Gasteiger partial charge in [0.25, 0.3) is 0 Å². The molecule has 82 valence electrons. The molecule has 2 rings (SSSR count). The minimum atomic E-state index is 0.400. The number of methoxy groups -OCH3 is 1. The summed E-state index contributed by atoms with van der Waals surface area (Å²) in [7, 11) is 1.57. The van der Waals surface area contributed by atoms with Gasteiger partial charge in [-0.15, -0.1) is 0 Å². The van der Waals surface area contributed by atoms with Gasteiger partial charge in [-0.1, -0.05) is 31.2 Å². The highest BCUT2D eigenvalue weighted by molar-refractivity contribution is 5.59. The van der Waals surface area contributed by atoms with Crippen LogP contribution in [0.5, 0.6) is 6.01 Å². The molecule has 1 aromatic carbocycles. The Kier molecular flexibility index (Phi) is 3.15. The van der Waals surface area contributed by atoms with Crippen LogP contribution in [0.3, 0.4) is 0 Å². The summed E-state index contributed by atoms with van der Waals surface area (Å²) in [6, 6.07) is 10.6. The van der Waals surface area contributed by atoms with Gasteiger partial charge in [-0.05, 0) is 18.1 Å². The molecule has 0 N–H and O–H groups in total. The highest BCUT2D eigenvalue weighted by Gasteiger charge is 2.01. The molecule has 0 amide bonds. The van der Waals surface area contributed by atoms with Crippen LogP contribution in [0.4, 0.5) is 0 Å². The highest BCUT2D eigenvalue weighted by Crippen LogP contribution is 2.18. The number of hydrogen-bond donors (Lipinski definition) is 0. The van der Waals surface area contributed by atoms with Crippen LogP contribution in [0.2, 0.25) is 0 Å². The van der Waals surface area contributed by atoms with Crippen molar-refractivity contribution in [1.82, 2.24) is 9.97 Å². The minimum absolute atomic E-state index is 0.400. The van der Waals surface area contributed by atoms with E-state index in [9.17, 15) is 0 Å². The van der Waals surface area contributed by atoms with E-state index < -0.39 is 0 Å². The summed E-state index contributed by atoms with van der Waals surface area (Å²) in [6.07, 6.45) is 2.75. The van der Waals surface area contributed by atoms with Crippen molar-refractivity contribution in [2.45, 2.75) is 13.3 Å². The molecule has 0 spiro atoms. The molecule has 0 radical (unpaired) electrons. The van der Waals surface area contributed by atoms with Crippen molar-refractivity contribution in [3.05, 3.63) is 42.1 Å². The van der Waals surface area contributed by atoms with Gasteiger partial charge in [0.15, 0.2) is 0 Å². The summed E-state index contributed by atoms with van der Waals surface area (Å²) in [5.74, 6) is 0. The van der Waals surface area contributed by atoms with E-state index in [2.05, 4.69) is 41.2 Å². The Bertz CT molecular complexity index is 466. The molecule has 0 bridgehead atoms. The summed E-state index contributed by atoms with van der Waals surface area (Å²) in [5, 5.41) is 0. The number of ether oxygens (including phenoxy) is 1. The highest BCUT2D eigenvalue weighted by atomic mass is 16.5. The van der Waals surface area contributed by atoms with Gasteiger partial charge >= 0.3 is 6.01 Å². The molecule has 0 saturated carbocycles. The van der Waals surface area contributed by atoms with Gasteiger partial charge in [-0.2, -0.15) is 4.98 Å². The van der Waals surface area contributed by atoms with Gasteiger partial charge in [0.2, 0.25) is 0 Å². The smallest absolute Gasteiger partial charge is 0.316 e. The lowest BCUT2D eigenvalue weighted by atomic mass is 10.1. The van der Waals surface area contributed by atoms with E-state index in [0.717, 1.165) is 17.7 Å². The van der Waals surface area contributed by atoms with Crippen LogP contribution >= 0.6 is 0 Å².